The minimum absolute atomic E-state index is 0.188. The molecule has 0 unspecified atom stereocenters. The first-order valence-corrected chi connectivity index (χ1v) is 9.78. The standard InChI is InChI=1S/C22H23FN4O4/c1-4-14(2)24-20(28)19-21(29)26(13-15-6-5-7-16(23)12-15)22(30)27(25-19)17-8-10-18(31-3)11-9-17/h5-12,14H,4,13H2,1-3H3,(H,24,28)/t14-/m0/s1. The summed E-state index contributed by atoms with van der Waals surface area (Å²) in [5, 5.41) is 6.74. The van der Waals surface area contributed by atoms with Gasteiger partial charge in [-0.1, -0.05) is 19.1 Å². The van der Waals surface area contributed by atoms with Gasteiger partial charge in [-0.15, -0.1) is 0 Å². The second-order valence-corrected chi connectivity index (χ2v) is 7.04. The molecular weight excluding hydrogens is 403 g/mol. The molecule has 1 amide bonds. The van der Waals surface area contributed by atoms with Crippen LogP contribution in [0.15, 0.2) is 58.1 Å². The van der Waals surface area contributed by atoms with Crippen molar-refractivity contribution in [1.82, 2.24) is 19.7 Å². The highest BCUT2D eigenvalue weighted by atomic mass is 19.1. The third-order valence-electron chi connectivity index (χ3n) is 4.81. The molecule has 1 heterocycles. The molecule has 162 valence electrons. The number of nitrogens with zero attached hydrogens (tertiary/aromatic N) is 3. The second-order valence-electron chi connectivity index (χ2n) is 7.04. The Bertz CT molecular complexity index is 1200. The first-order chi connectivity index (χ1) is 14.8. The van der Waals surface area contributed by atoms with Crippen molar-refractivity contribution in [3.63, 3.8) is 0 Å². The maximum absolute atomic E-state index is 13.6. The minimum Gasteiger partial charge on any atom is -0.497 e. The number of ether oxygens (including phenoxy) is 1. The van der Waals surface area contributed by atoms with Crippen LogP contribution in [-0.4, -0.2) is 33.4 Å². The van der Waals surface area contributed by atoms with Crippen LogP contribution in [0.25, 0.3) is 5.69 Å². The zero-order valence-electron chi connectivity index (χ0n) is 17.5. The summed E-state index contributed by atoms with van der Waals surface area (Å²) in [5.41, 5.74) is -1.28. The van der Waals surface area contributed by atoms with Crippen LogP contribution in [0.1, 0.15) is 36.3 Å². The second kappa shape index (κ2) is 9.38. The number of methoxy groups -OCH3 is 1. The van der Waals surface area contributed by atoms with Gasteiger partial charge >= 0.3 is 5.69 Å². The Hall–Kier alpha value is -3.75. The summed E-state index contributed by atoms with van der Waals surface area (Å²) in [6.45, 7) is 3.47. The van der Waals surface area contributed by atoms with Crippen molar-refractivity contribution in [2.45, 2.75) is 32.9 Å². The largest absolute Gasteiger partial charge is 0.497 e. The number of rotatable bonds is 7. The zero-order valence-corrected chi connectivity index (χ0v) is 17.5. The lowest BCUT2D eigenvalue weighted by Gasteiger charge is -2.14. The Kier molecular flexibility index (Phi) is 6.64. The molecule has 3 aromatic rings. The number of hydrogen-bond donors (Lipinski definition) is 1. The van der Waals surface area contributed by atoms with Crippen molar-refractivity contribution in [2.24, 2.45) is 0 Å². The third-order valence-corrected chi connectivity index (χ3v) is 4.81. The van der Waals surface area contributed by atoms with Gasteiger partial charge in [0.25, 0.3) is 11.5 Å². The van der Waals surface area contributed by atoms with Crippen LogP contribution in [0.5, 0.6) is 5.75 Å². The molecule has 1 aromatic heterocycles. The highest BCUT2D eigenvalue weighted by molar-refractivity contribution is 5.91. The molecule has 0 aliphatic heterocycles. The maximum atomic E-state index is 13.6. The molecule has 0 fully saturated rings. The molecular formula is C22H23FN4O4. The number of nitrogens with one attached hydrogen (secondary N) is 1. The predicted octanol–water partition coefficient (Wildman–Crippen LogP) is 2.12. The average molecular weight is 426 g/mol. The number of carbonyl (C=O) groups excluding carboxylic acids is 1. The molecule has 2 aromatic carbocycles. The molecule has 9 heteroatoms. The fourth-order valence-electron chi connectivity index (χ4n) is 2.90. The molecule has 0 bridgehead atoms. The smallest absolute Gasteiger partial charge is 0.352 e. The highest BCUT2D eigenvalue weighted by Crippen LogP contribution is 2.13. The summed E-state index contributed by atoms with van der Waals surface area (Å²) in [5.74, 6) is -0.612. The van der Waals surface area contributed by atoms with Crippen LogP contribution in [0.2, 0.25) is 0 Å². The average Bonchev–Trinajstić information content (AvgIpc) is 2.76. The van der Waals surface area contributed by atoms with E-state index in [0.29, 0.717) is 23.4 Å². The van der Waals surface area contributed by atoms with E-state index in [9.17, 15) is 18.8 Å². The Morgan fingerprint density at radius 2 is 1.90 bits per heavy atom. The third kappa shape index (κ3) is 4.88. The van der Waals surface area contributed by atoms with Gasteiger partial charge in [0.05, 0.1) is 19.3 Å². The monoisotopic (exact) mass is 426 g/mol. The van der Waals surface area contributed by atoms with Crippen molar-refractivity contribution in [3.8, 4) is 11.4 Å². The van der Waals surface area contributed by atoms with E-state index in [1.807, 2.05) is 6.92 Å². The summed E-state index contributed by atoms with van der Waals surface area (Å²) >= 11 is 0. The van der Waals surface area contributed by atoms with Crippen LogP contribution in [-0.2, 0) is 6.54 Å². The van der Waals surface area contributed by atoms with Crippen LogP contribution in [0.3, 0.4) is 0 Å². The van der Waals surface area contributed by atoms with Crippen LogP contribution < -0.4 is 21.3 Å². The lowest BCUT2D eigenvalue weighted by Crippen LogP contribution is -2.47. The summed E-state index contributed by atoms with van der Waals surface area (Å²) in [6.07, 6.45) is 0.654. The van der Waals surface area contributed by atoms with Crippen molar-refractivity contribution in [2.75, 3.05) is 7.11 Å². The van der Waals surface area contributed by atoms with E-state index in [1.165, 1.54) is 25.3 Å². The van der Waals surface area contributed by atoms with Gasteiger partial charge in [-0.05, 0) is 55.3 Å². The van der Waals surface area contributed by atoms with Crippen LogP contribution in [0, 0.1) is 5.82 Å². The molecule has 31 heavy (non-hydrogen) atoms. The van der Waals surface area contributed by atoms with Gasteiger partial charge in [0, 0.05) is 6.04 Å². The fourth-order valence-corrected chi connectivity index (χ4v) is 2.90. The number of hydrogen-bond acceptors (Lipinski definition) is 5. The molecule has 8 nitrogen and oxygen atoms in total. The van der Waals surface area contributed by atoms with Crippen molar-refractivity contribution in [3.05, 3.63) is 86.4 Å². The molecule has 0 aliphatic carbocycles. The van der Waals surface area contributed by atoms with Gasteiger partial charge in [-0.25, -0.2) is 9.18 Å². The van der Waals surface area contributed by atoms with E-state index in [1.54, 1.807) is 37.3 Å². The number of halogens is 1. The summed E-state index contributed by atoms with van der Waals surface area (Å²) in [4.78, 5) is 38.8. The van der Waals surface area contributed by atoms with E-state index in [0.717, 1.165) is 9.25 Å². The van der Waals surface area contributed by atoms with Crippen LogP contribution in [0.4, 0.5) is 4.39 Å². The van der Waals surface area contributed by atoms with Crippen molar-refractivity contribution >= 4 is 5.91 Å². The number of carbonyl (C=O) groups is 1. The number of amides is 1. The molecule has 3 rings (SSSR count). The maximum Gasteiger partial charge on any atom is 0.352 e. The summed E-state index contributed by atoms with van der Waals surface area (Å²) < 4.78 is 20.6. The first kappa shape index (κ1) is 21.9. The molecule has 0 spiro atoms. The van der Waals surface area contributed by atoms with Gasteiger partial charge in [0.15, 0.2) is 0 Å². The SMILES string of the molecule is CC[C@H](C)NC(=O)c1nn(-c2ccc(OC)cc2)c(=O)n(Cc2cccc(F)c2)c1=O. The molecule has 0 aliphatic rings. The predicted molar refractivity (Wildman–Crippen MR) is 113 cm³/mol. The Labute approximate surface area is 177 Å². The van der Waals surface area contributed by atoms with E-state index < -0.39 is 28.7 Å². The van der Waals surface area contributed by atoms with Crippen molar-refractivity contribution < 1.29 is 13.9 Å². The van der Waals surface area contributed by atoms with Gasteiger partial charge in [-0.2, -0.15) is 9.78 Å². The fraction of sp³-hybridized carbons (Fsp3) is 0.273. The molecule has 0 saturated carbocycles. The first-order valence-electron chi connectivity index (χ1n) is 9.78. The normalized spacial score (nSPS) is 11.7. The summed E-state index contributed by atoms with van der Waals surface area (Å²) in [6, 6.07) is 11.8. The van der Waals surface area contributed by atoms with Gasteiger partial charge in [0.2, 0.25) is 5.69 Å². The lowest BCUT2D eigenvalue weighted by molar-refractivity contribution is 0.0929. The van der Waals surface area contributed by atoms with Gasteiger partial charge in [-0.3, -0.25) is 14.2 Å². The Balaban J connectivity index is 2.17. The van der Waals surface area contributed by atoms with E-state index in [-0.39, 0.29) is 12.6 Å². The lowest BCUT2D eigenvalue weighted by atomic mass is 10.2. The van der Waals surface area contributed by atoms with Crippen LogP contribution >= 0.6 is 0 Å². The van der Waals surface area contributed by atoms with E-state index in [2.05, 4.69) is 10.4 Å². The number of aromatic nitrogens is 3. The van der Waals surface area contributed by atoms with E-state index in [4.69, 9.17) is 4.74 Å². The Morgan fingerprint density at radius 1 is 1.19 bits per heavy atom. The molecule has 0 saturated heterocycles. The molecule has 1 atom stereocenters. The quantitative estimate of drug-likeness (QED) is 0.625. The van der Waals surface area contributed by atoms with Gasteiger partial charge < -0.3 is 10.1 Å². The minimum atomic E-state index is -0.847. The molecule has 1 N–H and O–H groups in total. The topological polar surface area (TPSA) is 95.2 Å². The Morgan fingerprint density at radius 3 is 2.52 bits per heavy atom. The number of benzene rings is 2. The highest BCUT2D eigenvalue weighted by Gasteiger charge is 2.21. The summed E-state index contributed by atoms with van der Waals surface area (Å²) in [7, 11) is 1.51. The zero-order chi connectivity index (χ0) is 22.5. The van der Waals surface area contributed by atoms with Gasteiger partial charge in [0.1, 0.15) is 11.6 Å². The molecule has 0 radical (unpaired) electrons. The van der Waals surface area contributed by atoms with Crippen molar-refractivity contribution in [1.29, 1.82) is 0 Å². The van der Waals surface area contributed by atoms with E-state index >= 15 is 0 Å².